The van der Waals surface area contributed by atoms with Crippen molar-refractivity contribution in [2.75, 3.05) is 27.3 Å². The van der Waals surface area contributed by atoms with Gasteiger partial charge in [-0.05, 0) is 120 Å². The van der Waals surface area contributed by atoms with Crippen LogP contribution < -0.4 is 9.47 Å². The van der Waals surface area contributed by atoms with Crippen molar-refractivity contribution in [2.24, 2.45) is 0 Å². The van der Waals surface area contributed by atoms with Crippen LogP contribution in [0.1, 0.15) is 72.9 Å². The molecule has 0 amide bonds. The van der Waals surface area contributed by atoms with Crippen molar-refractivity contribution in [1.29, 1.82) is 0 Å². The molecule has 0 atom stereocenters. The van der Waals surface area contributed by atoms with Gasteiger partial charge in [-0.3, -0.25) is 0 Å². The van der Waals surface area contributed by atoms with Crippen molar-refractivity contribution in [2.45, 2.75) is 80.3 Å². The van der Waals surface area contributed by atoms with E-state index in [9.17, 15) is 26.3 Å². The summed E-state index contributed by atoms with van der Waals surface area (Å²) in [6.45, 7) is 14.1. The quantitative estimate of drug-likeness (QED) is 0.0940. The zero-order valence-electron chi connectivity index (χ0n) is 29.5. The van der Waals surface area contributed by atoms with Gasteiger partial charge in [0, 0.05) is 11.1 Å². The highest BCUT2D eigenvalue weighted by atomic mass is 19.2. The first-order valence-electron chi connectivity index (χ1n) is 16.8. The number of quaternary nitrogens is 1. The molecule has 0 aromatic heterocycles. The van der Waals surface area contributed by atoms with E-state index in [1.54, 1.807) is 0 Å². The van der Waals surface area contributed by atoms with Gasteiger partial charge < -0.3 is 14.0 Å². The number of nitrogens with zero attached hydrogens (tertiary/aromatic N) is 1. The number of rotatable bonds is 10. The first-order chi connectivity index (χ1) is 23.2. The molecule has 5 rings (SSSR count). The maximum Gasteiger partial charge on any atom is 0.194 e. The number of hydrogen-bond donors (Lipinski definition) is 0. The van der Waals surface area contributed by atoms with Crippen molar-refractivity contribution in [3.8, 4) is 44.9 Å². The summed E-state index contributed by atoms with van der Waals surface area (Å²) in [5, 5.41) is 0. The molecular formula is C40H44F6NO2+. The SMILES string of the molecule is CCCC[N+]1(CCCC)Cc2c(-c3cc(F)c(F)c(F)c3)c(C)c(OC)c(C)c2-c2c(C)c(OC)c(C)c(-c3cc(F)c(F)c(F)c3)c2C1. The minimum absolute atomic E-state index is 0.176. The molecule has 3 nitrogen and oxygen atoms in total. The van der Waals surface area contributed by atoms with Crippen LogP contribution >= 0.6 is 0 Å². The molecule has 0 aliphatic carbocycles. The van der Waals surface area contributed by atoms with Crippen LogP contribution in [0.3, 0.4) is 0 Å². The van der Waals surface area contributed by atoms with E-state index in [1.165, 1.54) is 14.2 Å². The molecule has 1 aliphatic rings. The average Bonchev–Trinajstić information content (AvgIpc) is 3.20. The molecule has 0 radical (unpaired) electrons. The van der Waals surface area contributed by atoms with Gasteiger partial charge in [-0.15, -0.1) is 0 Å². The molecule has 0 fully saturated rings. The highest BCUT2D eigenvalue weighted by molar-refractivity contribution is 5.93. The normalized spacial score (nSPS) is 13.6. The van der Waals surface area contributed by atoms with Crippen molar-refractivity contribution < 1.29 is 40.3 Å². The predicted molar refractivity (Wildman–Crippen MR) is 182 cm³/mol. The molecular weight excluding hydrogens is 640 g/mol. The summed E-state index contributed by atoms with van der Waals surface area (Å²) in [6, 6.07) is 4.08. The van der Waals surface area contributed by atoms with Crippen LogP contribution in [0.15, 0.2) is 24.3 Å². The summed E-state index contributed by atoms with van der Waals surface area (Å²) in [5.74, 6) is -7.32. The smallest absolute Gasteiger partial charge is 0.194 e. The third kappa shape index (κ3) is 6.19. The fraction of sp³-hybridized carbons (Fsp3) is 0.400. The van der Waals surface area contributed by atoms with Gasteiger partial charge in [-0.2, -0.15) is 0 Å². The molecule has 0 bridgehead atoms. The fourth-order valence-corrected chi connectivity index (χ4v) is 8.10. The lowest BCUT2D eigenvalue weighted by atomic mass is 9.79. The van der Waals surface area contributed by atoms with Gasteiger partial charge >= 0.3 is 0 Å². The van der Waals surface area contributed by atoms with E-state index < -0.39 is 34.9 Å². The summed E-state index contributed by atoms with van der Waals surface area (Å²) in [6.07, 6.45) is 3.58. The van der Waals surface area contributed by atoms with Gasteiger partial charge in [0.05, 0.1) is 27.3 Å². The number of ether oxygens (including phenoxy) is 2. The number of methoxy groups -OCH3 is 2. The Hall–Kier alpha value is -3.98. The van der Waals surface area contributed by atoms with E-state index in [2.05, 4.69) is 13.8 Å². The molecule has 0 saturated carbocycles. The maximum atomic E-state index is 14.9. The molecule has 0 N–H and O–H groups in total. The number of fused-ring (bicyclic) bond motifs is 3. The van der Waals surface area contributed by atoms with Crippen LogP contribution in [-0.4, -0.2) is 31.8 Å². The number of hydrogen-bond acceptors (Lipinski definition) is 2. The van der Waals surface area contributed by atoms with Crippen LogP contribution in [0.25, 0.3) is 33.4 Å². The largest absolute Gasteiger partial charge is 0.496 e. The van der Waals surface area contributed by atoms with E-state index in [1.807, 2.05) is 27.7 Å². The Balaban J connectivity index is 2.07. The van der Waals surface area contributed by atoms with Crippen LogP contribution in [0.2, 0.25) is 0 Å². The van der Waals surface area contributed by atoms with Gasteiger partial charge in [0.15, 0.2) is 34.9 Å². The summed E-state index contributed by atoms with van der Waals surface area (Å²) >= 11 is 0. The van der Waals surface area contributed by atoms with E-state index in [-0.39, 0.29) is 11.1 Å². The van der Waals surface area contributed by atoms with Gasteiger partial charge in [0.25, 0.3) is 0 Å². The lowest BCUT2D eigenvalue weighted by molar-refractivity contribution is -0.953. The second-order valence-corrected chi connectivity index (χ2v) is 13.3. The molecule has 0 spiro atoms. The lowest BCUT2D eigenvalue weighted by Gasteiger charge is -2.39. The molecule has 4 aromatic carbocycles. The second-order valence-electron chi connectivity index (χ2n) is 13.3. The Morgan fingerprint density at radius 3 is 1.12 bits per heavy atom. The first kappa shape index (κ1) is 36.3. The Bertz CT molecular complexity index is 1750. The van der Waals surface area contributed by atoms with Crippen LogP contribution in [0, 0.1) is 62.6 Å². The summed E-state index contributed by atoms with van der Waals surface area (Å²) < 4.78 is 101. The van der Waals surface area contributed by atoms with Crippen molar-refractivity contribution in [3.05, 3.63) is 92.5 Å². The lowest BCUT2D eigenvalue weighted by Crippen LogP contribution is -2.47. The minimum atomic E-state index is -1.55. The number of unbranched alkanes of at least 4 members (excludes halogenated alkanes) is 2. The standard InChI is InChI=1S/C40H44F6NO2/c1-9-11-13-47(14-12-10-2)19-27-33(25-15-29(41)37(45)30(42)16-25)21(3)39(48-7)23(5)35(27)36-24(6)40(49-8)22(4)34(28(36)20-47)26-17-31(43)38(46)32(44)18-26/h15-18H,9-14,19-20H2,1-8H3/q+1. The molecule has 1 heterocycles. The van der Waals surface area contributed by atoms with Gasteiger partial charge in [0.2, 0.25) is 0 Å². The fourth-order valence-electron chi connectivity index (χ4n) is 8.10. The van der Waals surface area contributed by atoms with E-state index in [0.717, 1.165) is 96.4 Å². The topological polar surface area (TPSA) is 18.5 Å². The third-order valence-electron chi connectivity index (χ3n) is 10.2. The number of halogens is 6. The highest BCUT2D eigenvalue weighted by Gasteiger charge is 2.40. The van der Waals surface area contributed by atoms with Crippen LogP contribution in [0.4, 0.5) is 26.3 Å². The molecule has 0 unspecified atom stereocenters. The first-order valence-corrected chi connectivity index (χ1v) is 16.8. The van der Waals surface area contributed by atoms with Crippen LogP contribution in [0.5, 0.6) is 11.5 Å². The van der Waals surface area contributed by atoms with Gasteiger partial charge in [0.1, 0.15) is 24.6 Å². The Labute approximate surface area is 285 Å². The Morgan fingerprint density at radius 2 is 0.837 bits per heavy atom. The molecule has 1 aliphatic heterocycles. The summed E-state index contributed by atoms with van der Waals surface area (Å²) in [4.78, 5) is 0. The maximum absolute atomic E-state index is 14.9. The molecule has 49 heavy (non-hydrogen) atoms. The van der Waals surface area contributed by atoms with Crippen molar-refractivity contribution >= 4 is 0 Å². The zero-order chi connectivity index (χ0) is 35.9. The predicted octanol–water partition coefficient (Wildman–Crippen LogP) is 11.2. The van der Waals surface area contributed by atoms with E-state index in [4.69, 9.17) is 9.47 Å². The monoisotopic (exact) mass is 684 g/mol. The van der Waals surface area contributed by atoms with Crippen molar-refractivity contribution in [3.63, 3.8) is 0 Å². The summed E-state index contributed by atoms with van der Waals surface area (Å²) in [5.41, 5.74) is 7.40. The van der Waals surface area contributed by atoms with E-state index >= 15 is 0 Å². The Morgan fingerprint density at radius 1 is 0.531 bits per heavy atom. The summed E-state index contributed by atoms with van der Waals surface area (Å²) in [7, 11) is 3.05. The minimum Gasteiger partial charge on any atom is -0.496 e. The second kappa shape index (κ2) is 14.1. The Kier molecular flexibility index (Phi) is 10.4. The van der Waals surface area contributed by atoms with Crippen LogP contribution in [-0.2, 0) is 13.1 Å². The molecule has 4 aromatic rings. The van der Waals surface area contributed by atoms with Gasteiger partial charge in [-0.1, -0.05) is 26.7 Å². The number of benzene rings is 4. The van der Waals surface area contributed by atoms with Crippen molar-refractivity contribution in [1.82, 2.24) is 0 Å². The molecule has 9 heteroatoms. The average molecular weight is 685 g/mol. The van der Waals surface area contributed by atoms with Gasteiger partial charge in [-0.25, -0.2) is 26.3 Å². The molecule has 0 saturated heterocycles. The third-order valence-corrected chi connectivity index (χ3v) is 10.2. The highest BCUT2D eigenvalue weighted by Crippen LogP contribution is 2.53. The molecule has 262 valence electrons. The zero-order valence-corrected chi connectivity index (χ0v) is 29.5. The van der Waals surface area contributed by atoms with E-state index in [0.29, 0.717) is 51.3 Å².